The molecule has 0 bridgehead atoms. The van der Waals surface area contributed by atoms with E-state index in [0.717, 1.165) is 12.0 Å². The smallest absolute Gasteiger partial charge is 0.00385 e. The lowest BCUT2D eigenvalue weighted by atomic mass is 9.71. The molecule has 22 heavy (non-hydrogen) atoms. The molecule has 3 aliphatic heterocycles. The molecule has 0 aliphatic carbocycles. The Hall–Kier alpha value is -0.120. The third kappa shape index (κ3) is 4.04. The minimum absolute atomic E-state index is 0.712. The molecule has 3 nitrogen and oxygen atoms in total. The van der Waals surface area contributed by atoms with E-state index in [1.165, 1.54) is 84.3 Å². The molecule has 0 saturated carbocycles. The molecular weight excluding hydrogens is 270 g/mol. The van der Waals surface area contributed by atoms with E-state index in [2.05, 4.69) is 35.6 Å². The maximum atomic E-state index is 2.79. The second-order valence-electron chi connectivity index (χ2n) is 8.68. The average Bonchev–Trinajstić information content (AvgIpc) is 2.53. The van der Waals surface area contributed by atoms with Crippen LogP contribution in [0.1, 0.15) is 52.4 Å². The Kier molecular flexibility index (Phi) is 5.47. The zero-order valence-corrected chi connectivity index (χ0v) is 15.2. The summed E-state index contributed by atoms with van der Waals surface area (Å²) in [6, 6.07) is 0.736. The van der Waals surface area contributed by atoms with Crippen molar-refractivity contribution >= 4 is 0 Å². The van der Waals surface area contributed by atoms with Crippen LogP contribution >= 0.6 is 0 Å². The molecule has 0 aromatic carbocycles. The van der Waals surface area contributed by atoms with Crippen molar-refractivity contribution in [2.24, 2.45) is 11.3 Å². The summed E-state index contributed by atoms with van der Waals surface area (Å²) in [4.78, 5) is 7.96. The number of piperidine rings is 3. The summed E-state index contributed by atoms with van der Waals surface area (Å²) in [5.41, 5.74) is 0.712. The van der Waals surface area contributed by atoms with Gasteiger partial charge >= 0.3 is 0 Å². The van der Waals surface area contributed by atoms with Crippen LogP contribution in [0.3, 0.4) is 0 Å². The van der Waals surface area contributed by atoms with Crippen molar-refractivity contribution < 1.29 is 0 Å². The molecule has 0 N–H and O–H groups in total. The minimum Gasteiger partial charge on any atom is -0.306 e. The monoisotopic (exact) mass is 307 g/mol. The van der Waals surface area contributed by atoms with Gasteiger partial charge in [-0.25, -0.2) is 0 Å². The topological polar surface area (TPSA) is 9.72 Å². The fourth-order valence-electron chi connectivity index (χ4n) is 4.82. The van der Waals surface area contributed by atoms with Crippen LogP contribution < -0.4 is 0 Å². The molecule has 0 unspecified atom stereocenters. The van der Waals surface area contributed by atoms with Crippen LogP contribution in [0.2, 0.25) is 0 Å². The lowest BCUT2D eigenvalue weighted by molar-refractivity contribution is 0.0307. The molecule has 0 amide bonds. The van der Waals surface area contributed by atoms with Gasteiger partial charge in [-0.15, -0.1) is 0 Å². The average molecular weight is 308 g/mol. The Bertz CT molecular complexity index is 329. The van der Waals surface area contributed by atoms with Gasteiger partial charge in [0, 0.05) is 12.6 Å². The molecule has 3 aliphatic rings. The van der Waals surface area contributed by atoms with Crippen molar-refractivity contribution in [1.82, 2.24) is 14.7 Å². The molecule has 0 radical (unpaired) electrons. The first-order valence-corrected chi connectivity index (χ1v) is 9.71. The van der Waals surface area contributed by atoms with Gasteiger partial charge in [-0.1, -0.05) is 0 Å². The molecule has 3 fully saturated rings. The van der Waals surface area contributed by atoms with Gasteiger partial charge in [0.15, 0.2) is 0 Å². The van der Waals surface area contributed by atoms with Crippen LogP contribution in [0.5, 0.6) is 0 Å². The highest BCUT2D eigenvalue weighted by molar-refractivity contribution is 4.90. The minimum atomic E-state index is 0.712. The first-order chi connectivity index (χ1) is 10.6. The predicted octanol–water partition coefficient (Wildman–Crippen LogP) is 2.91. The first-order valence-electron chi connectivity index (χ1n) is 9.71. The standard InChI is InChI=1S/C19H37N3/c1-17(2)22-10-4-18(5-11-22)16-21-14-8-19(9-15-21)6-12-20(3)13-7-19/h17-18H,4-16H2,1-3H3. The quantitative estimate of drug-likeness (QED) is 0.794. The summed E-state index contributed by atoms with van der Waals surface area (Å²) in [7, 11) is 2.28. The zero-order valence-electron chi connectivity index (χ0n) is 15.2. The lowest BCUT2D eigenvalue weighted by Crippen LogP contribution is -2.48. The number of likely N-dealkylation sites (tertiary alicyclic amines) is 3. The molecule has 0 atom stereocenters. The lowest BCUT2D eigenvalue weighted by Gasteiger charge is -2.47. The van der Waals surface area contributed by atoms with Gasteiger partial charge in [0.05, 0.1) is 0 Å². The van der Waals surface area contributed by atoms with Gasteiger partial charge in [-0.2, -0.15) is 0 Å². The van der Waals surface area contributed by atoms with Gasteiger partial charge < -0.3 is 14.7 Å². The molecule has 1 spiro atoms. The van der Waals surface area contributed by atoms with E-state index in [9.17, 15) is 0 Å². The van der Waals surface area contributed by atoms with Crippen molar-refractivity contribution in [1.29, 1.82) is 0 Å². The molecule has 3 saturated heterocycles. The highest BCUT2D eigenvalue weighted by Gasteiger charge is 2.37. The van der Waals surface area contributed by atoms with Crippen LogP contribution in [-0.2, 0) is 0 Å². The number of hydrogen-bond donors (Lipinski definition) is 0. The van der Waals surface area contributed by atoms with Crippen LogP contribution in [0.15, 0.2) is 0 Å². The summed E-state index contributed by atoms with van der Waals surface area (Å²) in [6.07, 6.45) is 8.67. The summed E-state index contributed by atoms with van der Waals surface area (Å²) in [5.74, 6) is 0.960. The summed E-state index contributed by atoms with van der Waals surface area (Å²) in [5, 5.41) is 0. The van der Waals surface area contributed by atoms with Gasteiger partial charge in [-0.05, 0) is 110 Å². The van der Waals surface area contributed by atoms with E-state index in [4.69, 9.17) is 0 Å². The maximum Gasteiger partial charge on any atom is 0.00385 e. The van der Waals surface area contributed by atoms with Crippen molar-refractivity contribution in [3.8, 4) is 0 Å². The normalized spacial score (nSPS) is 29.5. The fourth-order valence-corrected chi connectivity index (χ4v) is 4.82. The van der Waals surface area contributed by atoms with Crippen LogP contribution in [0, 0.1) is 11.3 Å². The van der Waals surface area contributed by atoms with Gasteiger partial charge in [0.2, 0.25) is 0 Å². The highest BCUT2D eigenvalue weighted by atomic mass is 15.2. The Labute approximate surface area is 138 Å². The molecule has 128 valence electrons. The van der Waals surface area contributed by atoms with Crippen LogP contribution in [-0.4, -0.2) is 73.6 Å². The number of rotatable bonds is 3. The van der Waals surface area contributed by atoms with E-state index in [1.807, 2.05) is 0 Å². The van der Waals surface area contributed by atoms with Crippen molar-refractivity contribution in [2.45, 2.75) is 58.4 Å². The first kappa shape index (κ1) is 16.7. The van der Waals surface area contributed by atoms with E-state index in [1.54, 1.807) is 0 Å². The molecule has 3 heteroatoms. The van der Waals surface area contributed by atoms with Crippen LogP contribution in [0.25, 0.3) is 0 Å². The van der Waals surface area contributed by atoms with E-state index >= 15 is 0 Å². The van der Waals surface area contributed by atoms with E-state index < -0.39 is 0 Å². The predicted molar refractivity (Wildman–Crippen MR) is 94.3 cm³/mol. The summed E-state index contributed by atoms with van der Waals surface area (Å²) in [6.45, 7) is 14.1. The third-order valence-corrected chi connectivity index (χ3v) is 6.86. The fraction of sp³-hybridized carbons (Fsp3) is 1.00. The zero-order chi connectivity index (χ0) is 15.6. The Morgan fingerprint density at radius 2 is 1.41 bits per heavy atom. The van der Waals surface area contributed by atoms with Crippen molar-refractivity contribution in [2.75, 3.05) is 52.9 Å². The van der Waals surface area contributed by atoms with Crippen molar-refractivity contribution in [3.05, 3.63) is 0 Å². The third-order valence-electron chi connectivity index (χ3n) is 6.86. The summed E-state index contributed by atoms with van der Waals surface area (Å²) >= 11 is 0. The molecule has 3 rings (SSSR count). The number of nitrogens with zero attached hydrogens (tertiary/aromatic N) is 3. The second kappa shape index (κ2) is 7.19. The summed E-state index contributed by atoms with van der Waals surface area (Å²) < 4.78 is 0. The molecular formula is C19H37N3. The van der Waals surface area contributed by atoms with Gasteiger partial charge in [0.1, 0.15) is 0 Å². The number of hydrogen-bond acceptors (Lipinski definition) is 3. The molecule has 0 aromatic heterocycles. The van der Waals surface area contributed by atoms with E-state index in [-0.39, 0.29) is 0 Å². The Balaban J connectivity index is 1.39. The SMILES string of the molecule is CC(C)N1CCC(CN2CCC3(CCN(C)CC3)CC2)CC1. The Morgan fingerprint density at radius 1 is 0.864 bits per heavy atom. The second-order valence-corrected chi connectivity index (χ2v) is 8.68. The molecule has 0 aromatic rings. The van der Waals surface area contributed by atoms with Gasteiger partial charge in [-0.3, -0.25) is 0 Å². The largest absolute Gasteiger partial charge is 0.306 e. The highest BCUT2D eigenvalue weighted by Crippen LogP contribution is 2.41. The Morgan fingerprint density at radius 3 is 1.95 bits per heavy atom. The van der Waals surface area contributed by atoms with Crippen molar-refractivity contribution in [3.63, 3.8) is 0 Å². The molecule has 3 heterocycles. The van der Waals surface area contributed by atoms with E-state index in [0.29, 0.717) is 5.41 Å². The van der Waals surface area contributed by atoms with Crippen LogP contribution in [0.4, 0.5) is 0 Å². The maximum absolute atomic E-state index is 2.79. The van der Waals surface area contributed by atoms with Gasteiger partial charge in [0.25, 0.3) is 0 Å².